The van der Waals surface area contributed by atoms with Crippen LogP contribution in [0.3, 0.4) is 0 Å². The maximum absolute atomic E-state index is 12.1. The molecule has 0 spiro atoms. The summed E-state index contributed by atoms with van der Waals surface area (Å²) in [5, 5.41) is 9.10. The Morgan fingerprint density at radius 2 is 2.00 bits per heavy atom. The molecule has 2 fully saturated rings. The summed E-state index contributed by atoms with van der Waals surface area (Å²) in [6.45, 7) is 3.03. The van der Waals surface area contributed by atoms with Crippen molar-refractivity contribution in [3.05, 3.63) is 18.1 Å². The lowest BCUT2D eigenvalue weighted by atomic mass is 10.3. The van der Waals surface area contributed by atoms with Crippen molar-refractivity contribution in [1.29, 1.82) is 5.26 Å². The van der Waals surface area contributed by atoms with E-state index < -0.39 is 0 Å². The van der Waals surface area contributed by atoms with Gasteiger partial charge in [-0.3, -0.25) is 4.79 Å². The minimum Gasteiger partial charge on any atom is -0.352 e. The van der Waals surface area contributed by atoms with E-state index in [1.54, 1.807) is 6.20 Å². The van der Waals surface area contributed by atoms with E-state index in [0.29, 0.717) is 30.5 Å². The van der Waals surface area contributed by atoms with E-state index in [-0.39, 0.29) is 5.92 Å². The summed E-state index contributed by atoms with van der Waals surface area (Å²) < 4.78 is 0. The summed E-state index contributed by atoms with van der Waals surface area (Å²) in [4.78, 5) is 24.4. The average molecular weight is 271 g/mol. The van der Waals surface area contributed by atoms with Crippen LogP contribution in [0, 0.1) is 17.2 Å². The van der Waals surface area contributed by atoms with E-state index >= 15 is 0 Å². The van der Waals surface area contributed by atoms with Crippen LogP contribution in [0.5, 0.6) is 0 Å². The third kappa shape index (κ3) is 2.57. The third-order valence-corrected chi connectivity index (χ3v) is 3.82. The summed E-state index contributed by atoms with van der Waals surface area (Å²) in [5.74, 6) is 1.20. The molecule has 1 aliphatic heterocycles. The summed E-state index contributed by atoms with van der Waals surface area (Å²) in [7, 11) is 0. The molecule has 1 amide bonds. The number of amides is 1. The van der Waals surface area contributed by atoms with Crippen molar-refractivity contribution in [2.24, 2.45) is 5.92 Å². The Kier molecular flexibility index (Phi) is 3.50. The monoisotopic (exact) mass is 271 g/mol. The Morgan fingerprint density at radius 3 is 2.75 bits per heavy atom. The van der Waals surface area contributed by atoms with Crippen molar-refractivity contribution >= 4 is 11.7 Å². The van der Waals surface area contributed by atoms with Crippen molar-refractivity contribution in [1.82, 2.24) is 14.9 Å². The molecule has 0 N–H and O–H groups in total. The molecule has 6 heteroatoms. The Hall–Kier alpha value is -2.16. The molecule has 0 bridgehead atoms. The highest BCUT2D eigenvalue weighted by Crippen LogP contribution is 2.31. The van der Waals surface area contributed by atoms with Crippen LogP contribution in [-0.4, -0.2) is 47.0 Å². The van der Waals surface area contributed by atoms with Gasteiger partial charge in [-0.1, -0.05) is 0 Å². The molecule has 0 atom stereocenters. The summed E-state index contributed by atoms with van der Waals surface area (Å²) in [6.07, 6.45) is 6.13. The molecule has 6 nitrogen and oxygen atoms in total. The number of hydrogen-bond acceptors (Lipinski definition) is 5. The predicted octanol–water partition coefficient (Wildman–Crippen LogP) is 0.797. The number of nitriles is 1. The highest BCUT2D eigenvalue weighted by atomic mass is 16.2. The third-order valence-electron chi connectivity index (χ3n) is 3.82. The SMILES string of the molecule is N#Cc1nccnc1N1CCCN(C(=O)C2CC2)CC1. The molecule has 20 heavy (non-hydrogen) atoms. The Balaban J connectivity index is 1.70. The van der Waals surface area contributed by atoms with Gasteiger partial charge in [-0.05, 0) is 19.3 Å². The van der Waals surface area contributed by atoms with E-state index in [1.165, 1.54) is 6.20 Å². The van der Waals surface area contributed by atoms with Gasteiger partial charge in [0.2, 0.25) is 5.91 Å². The molecule has 2 aliphatic rings. The first-order valence-corrected chi connectivity index (χ1v) is 7.04. The van der Waals surface area contributed by atoms with Gasteiger partial charge in [0, 0.05) is 44.5 Å². The molecule has 104 valence electrons. The van der Waals surface area contributed by atoms with Crippen LogP contribution in [0.2, 0.25) is 0 Å². The Labute approximate surface area is 118 Å². The molecule has 1 aromatic heterocycles. The zero-order valence-corrected chi connectivity index (χ0v) is 11.3. The van der Waals surface area contributed by atoms with Gasteiger partial charge in [-0.25, -0.2) is 9.97 Å². The largest absolute Gasteiger partial charge is 0.352 e. The van der Waals surface area contributed by atoms with Gasteiger partial charge in [0.05, 0.1) is 0 Å². The molecule has 1 aromatic rings. The molecular weight excluding hydrogens is 254 g/mol. The van der Waals surface area contributed by atoms with Crippen LogP contribution in [0.15, 0.2) is 12.4 Å². The lowest BCUT2D eigenvalue weighted by Gasteiger charge is -2.23. The highest BCUT2D eigenvalue weighted by Gasteiger charge is 2.34. The number of rotatable bonds is 2. The molecule has 0 radical (unpaired) electrons. The second-order valence-electron chi connectivity index (χ2n) is 5.28. The first kappa shape index (κ1) is 12.9. The van der Waals surface area contributed by atoms with Crippen LogP contribution < -0.4 is 4.90 Å². The number of hydrogen-bond donors (Lipinski definition) is 0. The standard InChI is InChI=1S/C14H17N5O/c15-10-12-13(17-5-4-16-12)18-6-1-7-19(9-8-18)14(20)11-2-3-11/h4-5,11H,1-3,6-9H2. The molecule has 0 unspecified atom stereocenters. The van der Waals surface area contributed by atoms with Crippen molar-refractivity contribution in [2.75, 3.05) is 31.1 Å². The smallest absolute Gasteiger partial charge is 0.225 e. The Bertz CT molecular complexity index is 549. The first-order valence-electron chi connectivity index (χ1n) is 7.04. The lowest BCUT2D eigenvalue weighted by molar-refractivity contribution is -0.132. The molecule has 2 heterocycles. The maximum atomic E-state index is 12.1. The Morgan fingerprint density at radius 1 is 1.20 bits per heavy atom. The zero-order valence-electron chi connectivity index (χ0n) is 11.3. The molecular formula is C14H17N5O. The fourth-order valence-electron chi connectivity index (χ4n) is 2.58. The fraction of sp³-hybridized carbons (Fsp3) is 0.571. The number of carbonyl (C=O) groups is 1. The van der Waals surface area contributed by atoms with Crippen LogP contribution in [0.4, 0.5) is 5.82 Å². The van der Waals surface area contributed by atoms with Crippen LogP contribution in [-0.2, 0) is 4.79 Å². The quantitative estimate of drug-likeness (QED) is 0.795. The van der Waals surface area contributed by atoms with E-state index in [9.17, 15) is 4.79 Å². The van der Waals surface area contributed by atoms with Gasteiger partial charge in [-0.15, -0.1) is 0 Å². The van der Waals surface area contributed by atoms with Crippen LogP contribution >= 0.6 is 0 Å². The predicted molar refractivity (Wildman–Crippen MR) is 72.9 cm³/mol. The summed E-state index contributed by atoms with van der Waals surface area (Å²) in [5.41, 5.74) is 0.356. The van der Waals surface area contributed by atoms with Crippen molar-refractivity contribution in [3.8, 4) is 6.07 Å². The number of aromatic nitrogens is 2. The van der Waals surface area contributed by atoms with E-state index in [4.69, 9.17) is 5.26 Å². The molecule has 0 aromatic carbocycles. The van der Waals surface area contributed by atoms with Crippen molar-refractivity contribution < 1.29 is 4.79 Å². The summed E-state index contributed by atoms with van der Waals surface area (Å²) >= 11 is 0. The van der Waals surface area contributed by atoms with E-state index in [1.807, 2.05) is 4.90 Å². The van der Waals surface area contributed by atoms with Gasteiger partial charge in [0.1, 0.15) is 6.07 Å². The molecule has 1 aliphatic carbocycles. The normalized spacial score (nSPS) is 19.4. The minimum absolute atomic E-state index is 0.271. The first-order chi connectivity index (χ1) is 9.79. The van der Waals surface area contributed by atoms with Gasteiger partial charge < -0.3 is 9.80 Å². The second kappa shape index (κ2) is 5.45. The van der Waals surface area contributed by atoms with E-state index in [0.717, 1.165) is 32.4 Å². The van der Waals surface area contributed by atoms with Crippen LogP contribution in [0.25, 0.3) is 0 Å². The number of nitrogens with zero attached hydrogens (tertiary/aromatic N) is 5. The molecule has 1 saturated carbocycles. The number of carbonyl (C=O) groups excluding carboxylic acids is 1. The topological polar surface area (TPSA) is 73.1 Å². The fourth-order valence-corrected chi connectivity index (χ4v) is 2.58. The van der Waals surface area contributed by atoms with E-state index in [2.05, 4.69) is 20.9 Å². The zero-order chi connectivity index (χ0) is 13.9. The minimum atomic E-state index is 0.271. The maximum Gasteiger partial charge on any atom is 0.225 e. The molecule has 3 rings (SSSR count). The number of anilines is 1. The van der Waals surface area contributed by atoms with Crippen LogP contribution in [0.1, 0.15) is 25.0 Å². The molecule has 1 saturated heterocycles. The highest BCUT2D eigenvalue weighted by molar-refractivity contribution is 5.81. The van der Waals surface area contributed by atoms with Gasteiger partial charge in [0.15, 0.2) is 11.5 Å². The van der Waals surface area contributed by atoms with Gasteiger partial charge >= 0.3 is 0 Å². The van der Waals surface area contributed by atoms with Crippen molar-refractivity contribution in [2.45, 2.75) is 19.3 Å². The van der Waals surface area contributed by atoms with Gasteiger partial charge in [-0.2, -0.15) is 5.26 Å². The lowest BCUT2D eigenvalue weighted by Crippen LogP contribution is -2.36. The van der Waals surface area contributed by atoms with Gasteiger partial charge in [0.25, 0.3) is 0 Å². The van der Waals surface area contributed by atoms with Crippen molar-refractivity contribution in [3.63, 3.8) is 0 Å². The second-order valence-corrected chi connectivity index (χ2v) is 5.28. The summed E-state index contributed by atoms with van der Waals surface area (Å²) in [6, 6.07) is 2.08. The average Bonchev–Trinajstić information content (AvgIpc) is 3.32.